The van der Waals surface area contributed by atoms with Gasteiger partial charge in [0.05, 0.1) is 13.6 Å². The van der Waals surface area contributed by atoms with Gasteiger partial charge in [-0.25, -0.2) is 9.13 Å². The zero-order valence-electron chi connectivity index (χ0n) is 6.21. The van der Waals surface area contributed by atoms with Crippen LogP contribution in [-0.2, 0) is 13.6 Å². The van der Waals surface area contributed by atoms with Gasteiger partial charge in [0, 0.05) is 0 Å². The van der Waals surface area contributed by atoms with Crippen LogP contribution in [0.2, 0.25) is 0 Å². The highest BCUT2D eigenvalue weighted by Gasteiger charge is 1.92. The Balaban J connectivity index is 0. The molecule has 0 unspecified atom stereocenters. The van der Waals surface area contributed by atoms with Crippen LogP contribution < -0.4 is 28.5 Å². The van der Waals surface area contributed by atoms with Gasteiger partial charge in [0.2, 0.25) is 6.33 Å². The third-order valence-electron chi connectivity index (χ3n) is 1.19. The molecule has 0 aliphatic rings. The van der Waals surface area contributed by atoms with Crippen LogP contribution in [0.25, 0.3) is 0 Å². The molecule has 60 valence electrons. The molecule has 1 rings (SSSR count). The molecule has 10 heavy (non-hydrogen) atoms. The topological polar surface area (TPSA) is 40.3 Å². The Labute approximate surface area is 78.0 Å². The van der Waals surface area contributed by atoms with Gasteiger partial charge in [-0.1, -0.05) is 0 Å². The van der Waals surface area contributed by atoms with Gasteiger partial charge in [-0.15, -0.1) is 0 Å². The lowest BCUT2D eigenvalue weighted by Crippen LogP contribution is -3.00. The molecule has 0 radical (unpaired) electrons. The number of halogens is 1. The highest BCUT2D eigenvalue weighted by Crippen LogP contribution is 1.79. The van der Waals surface area contributed by atoms with E-state index in [9.17, 15) is 0 Å². The third kappa shape index (κ3) is 3.17. The van der Waals surface area contributed by atoms with E-state index in [1.807, 2.05) is 17.8 Å². The van der Waals surface area contributed by atoms with Gasteiger partial charge in [0.25, 0.3) is 0 Å². The summed E-state index contributed by atoms with van der Waals surface area (Å²) in [6.45, 7) is 3.18. The Kier molecular flexibility index (Phi) is 7.12. The maximum absolute atomic E-state index is 2.12. The zero-order chi connectivity index (χ0) is 5.98. The SMILES string of the molecule is CCn1cc[n+](C)c1.O.[I-]. The van der Waals surface area contributed by atoms with Crippen molar-refractivity contribution in [3.63, 3.8) is 0 Å². The summed E-state index contributed by atoms with van der Waals surface area (Å²) in [5.41, 5.74) is 0. The molecule has 0 aliphatic heterocycles. The number of aryl methyl sites for hydroxylation is 2. The first-order valence-electron chi connectivity index (χ1n) is 2.84. The third-order valence-corrected chi connectivity index (χ3v) is 1.19. The van der Waals surface area contributed by atoms with Crippen LogP contribution in [0.3, 0.4) is 0 Å². The molecule has 2 N–H and O–H groups in total. The lowest BCUT2D eigenvalue weighted by atomic mass is 10.7. The van der Waals surface area contributed by atoms with Crippen molar-refractivity contribution in [2.24, 2.45) is 7.05 Å². The smallest absolute Gasteiger partial charge is 0.243 e. The van der Waals surface area contributed by atoms with Crippen LogP contribution >= 0.6 is 0 Å². The summed E-state index contributed by atoms with van der Waals surface area (Å²) < 4.78 is 4.16. The molecule has 1 aromatic heterocycles. The van der Waals surface area contributed by atoms with Crippen LogP contribution in [0.5, 0.6) is 0 Å². The number of nitrogens with zero attached hydrogens (tertiary/aromatic N) is 2. The molecule has 0 spiro atoms. The molecule has 0 saturated heterocycles. The van der Waals surface area contributed by atoms with Crippen molar-refractivity contribution in [1.29, 1.82) is 0 Å². The molecule has 3 nitrogen and oxygen atoms in total. The van der Waals surface area contributed by atoms with Crippen molar-refractivity contribution in [1.82, 2.24) is 4.57 Å². The van der Waals surface area contributed by atoms with Gasteiger partial charge in [0.15, 0.2) is 0 Å². The molecule has 0 atom stereocenters. The Morgan fingerprint density at radius 1 is 1.50 bits per heavy atom. The molecule has 0 saturated carbocycles. The Bertz CT molecular complexity index is 176. The number of hydrogen-bond acceptors (Lipinski definition) is 0. The Morgan fingerprint density at radius 2 is 2.10 bits per heavy atom. The first-order valence-corrected chi connectivity index (χ1v) is 2.84. The molecule has 0 aliphatic carbocycles. The average Bonchev–Trinajstić information content (AvgIpc) is 2.14. The summed E-state index contributed by atoms with van der Waals surface area (Å²) in [5.74, 6) is 0. The molecule has 0 bridgehead atoms. The second-order valence-corrected chi connectivity index (χ2v) is 1.91. The fourth-order valence-corrected chi connectivity index (χ4v) is 0.689. The van der Waals surface area contributed by atoms with E-state index in [4.69, 9.17) is 0 Å². The minimum absolute atomic E-state index is 0. The van der Waals surface area contributed by atoms with Gasteiger partial charge in [-0.2, -0.15) is 0 Å². The predicted molar refractivity (Wildman–Crippen MR) is 34.9 cm³/mol. The molecule has 0 fully saturated rings. The second-order valence-electron chi connectivity index (χ2n) is 1.91. The lowest BCUT2D eigenvalue weighted by Gasteiger charge is -1.81. The maximum atomic E-state index is 2.12. The quantitative estimate of drug-likeness (QED) is 0.370. The summed E-state index contributed by atoms with van der Waals surface area (Å²) in [6.07, 6.45) is 6.14. The van der Waals surface area contributed by atoms with Gasteiger partial charge in [-0.05, 0) is 6.92 Å². The van der Waals surface area contributed by atoms with E-state index in [-0.39, 0.29) is 29.5 Å². The van der Waals surface area contributed by atoms with E-state index in [0.29, 0.717) is 0 Å². The van der Waals surface area contributed by atoms with Crippen molar-refractivity contribution in [2.75, 3.05) is 0 Å². The van der Waals surface area contributed by atoms with Gasteiger partial charge in [0.1, 0.15) is 12.4 Å². The van der Waals surface area contributed by atoms with E-state index >= 15 is 0 Å². The Hall–Kier alpha value is -0.100. The highest BCUT2D eigenvalue weighted by atomic mass is 127. The summed E-state index contributed by atoms with van der Waals surface area (Å²) >= 11 is 0. The van der Waals surface area contributed by atoms with Gasteiger partial charge in [-0.3, -0.25) is 0 Å². The van der Waals surface area contributed by atoms with Gasteiger partial charge < -0.3 is 29.5 Å². The van der Waals surface area contributed by atoms with E-state index in [2.05, 4.69) is 24.0 Å². The van der Waals surface area contributed by atoms with E-state index in [1.54, 1.807) is 0 Å². The predicted octanol–water partition coefficient (Wildman–Crippen LogP) is -3.49. The molecular formula is C6H13IN2O. The number of rotatable bonds is 1. The summed E-state index contributed by atoms with van der Waals surface area (Å²) in [5, 5.41) is 0. The number of imidazole rings is 1. The minimum Gasteiger partial charge on any atom is -1.00 e. The summed E-state index contributed by atoms with van der Waals surface area (Å²) in [7, 11) is 2.02. The monoisotopic (exact) mass is 256 g/mol. The van der Waals surface area contributed by atoms with Gasteiger partial charge >= 0.3 is 0 Å². The fourth-order valence-electron chi connectivity index (χ4n) is 0.689. The molecule has 0 amide bonds. The van der Waals surface area contributed by atoms with E-state index in [1.165, 1.54) is 0 Å². The standard InChI is InChI=1S/C6H11N2.HI.H2O/c1-3-8-5-4-7(2)6-8;;/h4-6H,3H2,1-2H3;1H;1H2/q+1;;/p-1. The van der Waals surface area contributed by atoms with Crippen LogP contribution in [0, 0.1) is 0 Å². The van der Waals surface area contributed by atoms with Crippen LogP contribution in [0.1, 0.15) is 6.92 Å². The molecule has 1 aromatic rings. The van der Waals surface area contributed by atoms with E-state index in [0.717, 1.165) is 6.54 Å². The first kappa shape index (κ1) is 12.6. The normalized spacial score (nSPS) is 7.80. The van der Waals surface area contributed by atoms with Crippen molar-refractivity contribution in [3.05, 3.63) is 18.7 Å². The second kappa shape index (κ2) is 5.67. The minimum atomic E-state index is 0. The average molecular weight is 256 g/mol. The summed E-state index contributed by atoms with van der Waals surface area (Å²) in [6, 6.07) is 0. The van der Waals surface area contributed by atoms with Crippen LogP contribution in [0.15, 0.2) is 18.7 Å². The van der Waals surface area contributed by atoms with Crippen molar-refractivity contribution < 1.29 is 34.0 Å². The summed E-state index contributed by atoms with van der Waals surface area (Å²) in [4.78, 5) is 0. The number of hydrogen-bond donors (Lipinski definition) is 0. The fraction of sp³-hybridized carbons (Fsp3) is 0.500. The van der Waals surface area contributed by atoms with Crippen LogP contribution in [-0.4, -0.2) is 10.0 Å². The first-order chi connectivity index (χ1) is 3.83. The largest absolute Gasteiger partial charge is 1.00 e. The van der Waals surface area contributed by atoms with Crippen LogP contribution in [0.4, 0.5) is 0 Å². The van der Waals surface area contributed by atoms with Crippen molar-refractivity contribution in [3.8, 4) is 0 Å². The van der Waals surface area contributed by atoms with Crippen molar-refractivity contribution >= 4 is 0 Å². The molecular weight excluding hydrogens is 243 g/mol. The van der Waals surface area contributed by atoms with E-state index < -0.39 is 0 Å². The molecule has 1 heterocycles. The zero-order valence-corrected chi connectivity index (χ0v) is 8.37. The molecule has 4 heteroatoms. The Morgan fingerprint density at radius 3 is 2.30 bits per heavy atom. The van der Waals surface area contributed by atoms with Crippen molar-refractivity contribution in [2.45, 2.75) is 13.5 Å². The number of aromatic nitrogens is 2. The lowest BCUT2D eigenvalue weighted by molar-refractivity contribution is -0.671. The molecule has 0 aromatic carbocycles. The highest BCUT2D eigenvalue weighted by molar-refractivity contribution is 4.63. The maximum Gasteiger partial charge on any atom is 0.243 e.